The van der Waals surface area contributed by atoms with Gasteiger partial charge in [-0.15, -0.1) is 0 Å². The third-order valence-electron chi connectivity index (χ3n) is 5.23. The van der Waals surface area contributed by atoms with Crippen molar-refractivity contribution in [1.29, 1.82) is 0 Å². The molecule has 0 saturated carbocycles. The van der Waals surface area contributed by atoms with Gasteiger partial charge in [0, 0.05) is 27.6 Å². The lowest BCUT2D eigenvalue weighted by Crippen LogP contribution is -2.45. The van der Waals surface area contributed by atoms with Crippen molar-refractivity contribution in [2.45, 2.75) is 24.7 Å². The quantitative estimate of drug-likeness (QED) is 0.478. The zero-order chi connectivity index (χ0) is 25.0. The van der Waals surface area contributed by atoms with Gasteiger partial charge in [0.05, 0.1) is 46.8 Å². The molecule has 0 atom stereocenters. The monoisotopic (exact) mass is 493 g/mol. The molecule has 0 fully saturated rings. The number of ether oxygens (including phenoxy) is 2. The third kappa shape index (κ3) is 5.37. The van der Waals surface area contributed by atoms with Gasteiger partial charge in [-0.1, -0.05) is 0 Å². The number of hydrogen-bond donors (Lipinski definition) is 2. The minimum Gasteiger partial charge on any atom is -0.463 e. The number of sulfonamides is 1. The minimum atomic E-state index is -3.60. The Balaban J connectivity index is 1.67. The minimum absolute atomic E-state index is 0.00572. The summed E-state index contributed by atoms with van der Waals surface area (Å²) in [4.78, 5) is 40.6. The summed E-state index contributed by atoms with van der Waals surface area (Å²) >= 11 is 0. The summed E-state index contributed by atoms with van der Waals surface area (Å²) in [6, 6.07) is 4.17. The second-order valence-corrected chi connectivity index (χ2v) is 9.82. The SMILES string of the molecule is CCOC(=O)C1=C(COC(=O)CCc2nc3cc(S(=O)(=O)N(C)C)ccc3n2C)NC(=O)NC1. The van der Waals surface area contributed by atoms with Crippen LogP contribution < -0.4 is 10.6 Å². The number of aryl methyl sites for hydroxylation is 2. The number of rotatable bonds is 9. The largest absolute Gasteiger partial charge is 0.463 e. The predicted octanol–water partition coefficient (Wildman–Crippen LogP) is 0.429. The van der Waals surface area contributed by atoms with Crippen LogP contribution in [0.4, 0.5) is 4.79 Å². The van der Waals surface area contributed by atoms with Crippen LogP contribution in [0.15, 0.2) is 34.4 Å². The van der Waals surface area contributed by atoms with E-state index in [0.29, 0.717) is 11.3 Å². The average Bonchev–Trinajstić information content (AvgIpc) is 3.11. The number of benzene rings is 1. The molecule has 1 aromatic heterocycles. The van der Waals surface area contributed by atoms with E-state index in [1.165, 1.54) is 26.2 Å². The molecule has 1 aliphatic rings. The molecule has 0 spiro atoms. The molecule has 1 aliphatic heterocycles. The van der Waals surface area contributed by atoms with Gasteiger partial charge in [-0.3, -0.25) is 4.79 Å². The zero-order valence-electron chi connectivity index (χ0n) is 19.4. The molecule has 0 unspecified atom stereocenters. The molecule has 0 radical (unpaired) electrons. The molecule has 184 valence electrons. The van der Waals surface area contributed by atoms with E-state index in [1.807, 2.05) is 0 Å². The summed E-state index contributed by atoms with van der Waals surface area (Å²) in [5.41, 5.74) is 1.58. The fourth-order valence-electron chi connectivity index (χ4n) is 3.33. The Morgan fingerprint density at radius 1 is 1.24 bits per heavy atom. The molecule has 34 heavy (non-hydrogen) atoms. The molecule has 12 nitrogen and oxygen atoms in total. The Labute approximate surface area is 196 Å². The van der Waals surface area contributed by atoms with E-state index in [2.05, 4.69) is 15.6 Å². The molecule has 2 aromatic rings. The standard InChI is InChI=1S/C21H27N5O7S/c1-5-32-20(28)14-11-22-21(29)24-16(14)12-33-19(27)9-8-18-23-15-10-13(34(30,31)25(2)3)6-7-17(15)26(18)4/h6-7,10H,5,8-9,11-12H2,1-4H3,(H2,22,24,29). The number of amides is 2. The summed E-state index contributed by atoms with van der Waals surface area (Å²) in [5.74, 6) is -0.573. The summed E-state index contributed by atoms with van der Waals surface area (Å²) in [6.07, 6.45) is 0.242. The maximum Gasteiger partial charge on any atom is 0.337 e. The van der Waals surface area contributed by atoms with Gasteiger partial charge in [0.25, 0.3) is 0 Å². The first kappa shape index (κ1) is 25.2. The lowest BCUT2D eigenvalue weighted by atomic mass is 10.1. The van der Waals surface area contributed by atoms with Crippen molar-refractivity contribution >= 4 is 39.0 Å². The van der Waals surface area contributed by atoms with Crippen molar-refractivity contribution in [3.63, 3.8) is 0 Å². The molecule has 0 saturated heterocycles. The van der Waals surface area contributed by atoms with Gasteiger partial charge in [-0.05, 0) is 25.1 Å². The van der Waals surface area contributed by atoms with Crippen LogP contribution in [-0.4, -0.2) is 74.1 Å². The predicted molar refractivity (Wildman–Crippen MR) is 121 cm³/mol. The number of aromatic nitrogens is 2. The number of esters is 2. The van der Waals surface area contributed by atoms with Crippen LogP contribution >= 0.6 is 0 Å². The van der Waals surface area contributed by atoms with Crippen LogP contribution in [0.5, 0.6) is 0 Å². The highest BCUT2D eigenvalue weighted by molar-refractivity contribution is 7.89. The first-order valence-electron chi connectivity index (χ1n) is 10.5. The Morgan fingerprint density at radius 2 is 1.97 bits per heavy atom. The van der Waals surface area contributed by atoms with E-state index in [0.717, 1.165) is 9.82 Å². The van der Waals surface area contributed by atoms with E-state index in [9.17, 15) is 22.8 Å². The van der Waals surface area contributed by atoms with Gasteiger partial charge in [-0.25, -0.2) is 27.3 Å². The second kappa shape index (κ2) is 10.2. The van der Waals surface area contributed by atoms with Gasteiger partial charge in [0.1, 0.15) is 12.4 Å². The van der Waals surface area contributed by atoms with Crippen molar-refractivity contribution in [2.24, 2.45) is 7.05 Å². The number of nitrogens with one attached hydrogen (secondary N) is 2. The van der Waals surface area contributed by atoms with Crippen molar-refractivity contribution in [1.82, 2.24) is 24.5 Å². The Kier molecular flexibility index (Phi) is 7.57. The molecule has 2 N–H and O–H groups in total. The van der Waals surface area contributed by atoms with Gasteiger partial charge in [0.2, 0.25) is 10.0 Å². The van der Waals surface area contributed by atoms with E-state index in [1.54, 1.807) is 24.6 Å². The average molecular weight is 494 g/mol. The molecule has 13 heteroatoms. The zero-order valence-corrected chi connectivity index (χ0v) is 20.2. The number of carbonyl (C=O) groups is 3. The van der Waals surface area contributed by atoms with Crippen LogP contribution in [0.3, 0.4) is 0 Å². The van der Waals surface area contributed by atoms with E-state index < -0.39 is 28.0 Å². The van der Waals surface area contributed by atoms with Gasteiger partial charge in [0.15, 0.2) is 0 Å². The molecule has 0 bridgehead atoms. The van der Waals surface area contributed by atoms with E-state index in [4.69, 9.17) is 9.47 Å². The van der Waals surface area contributed by atoms with Crippen molar-refractivity contribution in [3.05, 3.63) is 35.3 Å². The van der Waals surface area contributed by atoms with Crippen LogP contribution in [0.2, 0.25) is 0 Å². The fraction of sp³-hybridized carbons (Fsp3) is 0.429. The number of imidazole rings is 1. The maximum absolute atomic E-state index is 12.4. The Bertz CT molecular complexity index is 1260. The number of urea groups is 1. The van der Waals surface area contributed by atoms with Crippen LogP contribution in [-0.2, 0) is 42.6 Å². The van der Waals surface area contributed by atoms with E-state index in [-0.39, 0.29) is 48.8 Å². The molecular formula is C21H27N5O7S. The topological polar surface area (TPSA) is 149 Å². The summed E-state index contributed by atoms with van der Waals surface area (Å²) < 4.78 is 37.9. The summed E-state index contributed by atoms with van der Waals surface area (Å²) in [6.45, 7) is 1.53. The van der Waals surface area contributed by atoms with Gasteiger partial charge in [-0.2, -0.15) is 0 Å². The van der Waals surface area contributed by atoms with Gasteiger partial charge >= 0.3 is 18.0 Å². The fourth-order valence-corrected chi connectivity index (χ4v) is 4.25. The molecule has 2 heterocycles. The summed E-state index contributed by atoms with van der Waals surface area (Å²) in [5, 5.41) is 4.94. The van der Waals surface area contributed by atoms with Crippen LogP contribution in [0.25, 0.3) is 11.0 Å². The first-order valence-corrected chi connectivity index (χ1v) is 12.0. The highest BCUT2D eigenvalue weighted by Crippen LogP contribution is 2.22. The molecule has 1 aromatic carbocycles. The van der Waals surface area contributed by atoms with Crippen LogP contribution in [0, 0.1) is 0 Å². The normalized spacial score (nSPS) is 14.2. The second-order valence-electron chi connectivity index (χ2n) is 7.67. The van der Waals surface area contributed by atoms with Crippen molar-refractivity contribution in [3.8, 4) is 0 Å². The van der Waals surface area contributed by atoms with Crippen molar-refractivity contribution < 1.29 is 32.3 Å². The molecule has 0 aliphatic carbocycles. The lowest BCUT2D eigenvalue weighted by molar-refractivity contribution is -0.143. The highest BCUT2D eigenvalue weighted by atomic mass is 32.2. The van der Waals surface area contributed by atoms with Crippen LogP contribution in [0.1, 0.15) is 19.2 Å². The van der Waals surface area contributed by atoms with E-state index >= 15 is 0 Å². The van der Waals surface area contributed by atoms with Crippen molar-refractivity contribution in [2.75, 3.05) is 33.9 Å². The molecule has 3 rings (SSSR count). The highest BCUT2D eigenvalue weighted by Gasteiger charge is 2.25. The first-order chi connectivity index (χ1) is 16.0. The molecule has 2 amide bonds. The summed E-state index contributed by atoms with van der Waals surface area (Å²) in [7, 11) is 1.09. The Hall–Kier alpha value is -3.45. The maximum atomic E-state index is 12.4. The third-order valence-corrected chi connectivity index (χ3v) is 7.04. The number of nitrogens with zero attached hydrogens (tertiary/aromatic N) is 3. The Morgan fingerprint density at radius 3 is 2.65 bits per heavy atom. The smallest absolute Gasteiger partial charge is 0.337 e. The number of hydrogen-bond acceptors (Lipinski definition) is 8. The molecular weight excluding hydrogens is 466 g/mol. The lowest BCUT2D eigenvalue weighted by Gasteiger charge is -2.21. The number of carbonyl (C=O) groups excluding carboxylic acids is 3. The number of fused-ring (bicyclic) bond motifs is 1. The van der Waals surface area contributed by atoms with Gasteiger partial charge < -0.3 is 24.7 Å².